The molecular formula is C11H15N3O3S. The minimum absolute atomic E-state index is 0.160. The summed E-state index contributed by atoms with van der Waals surface area (Å²) in [6.07, 6.45) is 1.35. The number of carbonyl (C=O) groups excluding carboxylic acids is 1. The third kappa shape index (κ3) is 2.45. The van der Waals surface area contributed by atoms with E-state index in [1.54, 1.807) is 11.8 Å². The van der Waals surface area contributed by atoms with Gasteiger partial charge >= 0.3 is 5.97 Å². The molecule has 6 nitrogen and oxygen atoms in total. The first-order chi connectivity index (χ1) is 8.49. The summed E-state index contributed by atoms with van der Waals surface area (Å²) in [4.78, 5) is 29.3. The van der Waals surface area contributed by atoms with E-state index < -0.39 is 11.9 Å². The summed E-state index contributed by atoms with van der Waals surface area (Å²) >= 11 is 1.15. The Hall–Kier alpha value is -1.63. The number of amides is 1. The second kappa shape index (κ2) is 4.93. The van der Waals surface area contributed by atoms with Crippen molar-refractivity contribution in [2.24, 2.45) is 5.92 Å². The molecule has 1 aromatic rings. The summed E-state index contributed by atoms with van der Waals surface area (Å²) in [6, 6.07) is 0. The van der Waals surface area contributed by atoms with E-state index in [2.05, 4.69) is 4.98 Å². The number of likely N-dealkylation sites (tertiary alicyclic amines) is 1. The standard InChI is InChI=1S/C11H15N3O3S/c1-6-8(18-11(12)13-6)9(15)14-4-2-3-7(5-14)10(16)17/h7H,2-5H2,1H3,(H2,12,13)(H,16,17)/t7-/m1/s1. The van der Waals surface area contributed by atoms with Gasteiger partial charge in [-0.3, -0.25) is 9.59 Å². The van der Waals surface area contributed by atoms with Crippen molar-refractivity contribution in [3.63, 3.8) is 0 Å². The quantitative estimate of drug-likeness (QED) is 0.834. The third-order valence-corrected chi connectivity index (χ3v) is 4.04. The van der Waals surface area contributed by atoms with Crippen molar-refractivity contribution in [1.82, 2.24) is 9.88 Å². The number of hydrogen-bond donors (Lipinski definition) is 2. The number of anilines is 1. The van der Waals surface area contributed by atoms with Crippen LogP contribution >= 0.6 is 11.3 Å². The van der Waals surface area contributed by atoms with Crippen molar-refractivity contribution >= 4 is 28.3 Å². The van der Waals surface area contributed by atoms with Crippen molar-refractivity contribution in [1.29, 1.82) is 0 Å². The maximum Gasteiger partial charge on any atom is 0.308 e. The lowest BCUT2D eigenvalue weighted by Crippen LogP contribution is -2.42. The van der Waals surface area contributed by atoms with Crippen LogP contribution in [0.5, 0.6) is 0 Å². The number of hydrogen-bond acceptors (Lipinski definition) is 5. The molecule has 1 saturated heterocycles. The summed E-state index contributed by atoms with van der Waals surface area (Å²) in [5, 5.41) is 9.36. The van der Waals surface area contributed by atoms with Crippen molar-refractivity contribution in [3.05, 3.63) is 10.6 Å². The van der Waals surface area contributed by atoms with Gasteiger partial charge in [0.05, 0.1) is 11.6 Å². The number of carboxylic acid groups (broad SMARTS) is 1. The molecule has 0 bridgehead atoms. The summed E-state index contributed by atoms with van der Waals surface area (Å²) in [7, 11) is 0. The summed E-state index contributed by atoms with van der Waals surface area (Å²) in [6.45, 7) is 2.60. The minimum atomic E-state index is -0.840. The first-order valence-corrected chi connectivity index (χ1v) is 6.55. The largest absolute Gasteiger partial charge is 0.481 e. The lowest BCUT2D eigenvalue weighted by atomic mass is 9.98. The number of aliphatic carboxylic acids is 1. The fraction of sp³-hybridized carbons (Fsp3) is 0.545. The van der Waals surface area contributed by atoms with Gasteiger partial charge in [-0.2, -0.15) is 0 Å². The molecule has 2 rings (SSSR count). The van der Waals surface area contributed by atoms with E-state index in [0.717, 1.165) is 17.8 Å². The lowest BCUT2D eigenvalue weighted by Gasteiger charge is -2.30. The Morgan fingerprint density at radius 2 is 2.28 bits per heavy atom. The van der Waals surface area contributed by atoms with Crippen molar-refractivity contribution in [2.45, 2.75) is 19.8 Å². The minimum Gasteiger partial charge on any atom is -0.481 e. The van der Waals surface area contributed by atoms with E-state index in [9.17, 15) is 9.59 Å². The van der Waals surface area contributed by atoms with Crippen LogP contribution in [0.25, 0.3) is 0 Å². The molecule has 1 amide bonds. The molecule has 0 saturated carbocycles. The van der Waals surface area contributed by atoms with Crippen LogP contribution in [0.1, 0.15) is 28.2 Å². The number of nitrogen functional groups attached to an aromatic ring is 1. The topological polar surface area (TPSA) is 96.5 Å². The SMILES string of the molecule is Cc1nc(N)sc1C(=O)N1CCC[C@@H](C(=O)O)C1. The molecule has 18 heavy (non-hydrogen) atoms. The van der Waals surface area contributed by atoms with Gasteiger partial charge in [-0.05, 0) is 19.8 Å². The molecule has 1 aromatic heterocycles. The first kappa shape index (κ1) is 12.8. The Balaban J connectivity index is 2.14. The third-order valence-electron chi connectivity index (χ3n) is 3.07. The van der Waals surface area contributed by atoms with Crippen molar-refractivity contribution in [2.75, 3.05) is 18.8 Å². The van der Waals surface area contributed by atoms with Crippen LogP contribution in [0.3, 0.4) is 0 Å². The molecule has 1 aliphatic rings. The Kier molecular flexibility index (Phi) is 3.51. The number of thiazole rings is 1. The maximum absolute atomic E-state index is 12.2. The van der Waals surface area contributed by atoms with Crippen LogP contribution in [0, 0.1) is 12.8 Å². The highest BCUT2D eigenvalue weighted by atomic mass is 32.1. The van der Waals surface area contributed by atoms with Gasteiger partial charge in [0.15, 0.2) is 5.13 Å². The van der Waals surface area contributed by atoms with Crippen molar-refractivity contribution in [3.8, 4) is 0 Å². The molecule has 98 valence electrons. The average Bonchev–Trinajstić information content (AvgIpc) is 2.67. The number of rotatable bonds is 2. The number of carbonyl (C=O) groups is 2. The predicted molar refractivity (Wildman–Crippen MR) is 67.5 cm³/mol. The van der Waals surface area contributed by atoms with Crippen LogP contribution in [0.2, 0.25) is 0 Å². The Bertz CT molecular complexity index is 486. The van der Waals surface area contributed by atoms with Crippen LogP contribution in [0.4, 0.5) is 5.13 Å². The number of nitrogens with two attached hydrogens (primary N) is 1. The summed E-state index contributed by atoms with van der Waals surface area (Å²) < 4.78 is 0. The fourth-order valence-electron chi connectivity index (χ4n) is 2.12. The molecule has 2 heterocycles. The van der Waals surface area contributed by atoms with Gasteiger partial charge in [0.1, 0.15) is 4.88 Å². The van der Waals surface area contributed by atoms with E-state index in [1.165, 1.54) is 0 Å². The zero-order chi connectivity index (χ0) is 13.3. The van der Waals surface area contributed by atoms with E-state index in [4.69, 9.17) is 10.8 Å². The van der Waals surface area contributed by atoms with Gasteiger partial charge in [-0.15, -0.1) is 0 Å². The zero-order valence-electron chi connectivity index (χ0n) is 10.0. The molecule has 0 aliphatic carbocycles. The van der Waals surface area contributed by atoms with Crippen LogP contribution in [-0.2, 0) is 4.79 Å². The van der Waals surface area contributed by atoms with Crippen molar-refractivity contribution < 1.29 is 14.7 Å². The Morgan fingerprint density at radius 3 is 2.83 bits per heavy atom. The smallest absolute Gasteiger partial charge is 0.308 e. The molecule has 0 unspecified atom stereocenters. The summed E-state index contributed by atoms with van der Waals surface area (Å²) in [5.74, 6) is -1.46. The van der Waals surface area contributed by atoms with Gasteiger partial charge in [0, 0.05) is 13.1 Å². The van der Waals surface area contributed by atoms with E-state index in [-0.39, 0.29) is 12.5 Å². The Labute approximate surface area is 108 Å². The maximum atomic E-state index is 12.2. The lowest BCUT2D eigenvalue weighted by molar-refractivity contribution is -0.143. The number of carboxylic acids is 1. The van der Waals surface area contributed by atoms with Crippen LogP contribution < -0.4 is 5.73 Å². The molecule has 3 N–H and O–H groups in total. The molecule has 1 atom stereocenters. The van der Waals surface area contributed by atoms with E-state index in [1.807, 2.05) is 0 Å². The van der Waals surface area contributed by atoms with Gasteiger partial charge in [0.2, 0.25) is 0 Å². The van der Waals surface area contributed by atoms with Crippen LogP contribution in [0.15, 0.2) is 0 Å². The average molecular weight is 269 g/mol. The molecule has 1 aliphatic heterocycles. The number of nitrogens with zero attached hydrogens (tertiary/aromatic N) is 2. The number of piperidine rings is 1. The molecule has 7 heteroatoms. The Morgan fingerprint density at radius 1 is 1.56 bits per heavy atom. The number of aromatic nitrogens is 1. The van der Waals surface area contributed by atoms with Gasteiger partial charge < -0.3 is 15.7 Å². The number of aryl methyl sites for hydroxylation is 1. The van der Waals surface area contributed by atoms with Crippen LogP contribution in [-0.4, -0.2) is 40.0 Å². The molecule has 0 aromatic carbocycles. The molecule has 0 spiro atoms. The monoisotopic (exact) mass is 269 g/mol. The van der Waals surface area contributed by atoms with E-state index in [0.29, 0.717) is 28.7 Å². The van der Waals surface area contributed by atoms with E-state index >= 15 is 0 Å². The van der Waals surface area contributed by atoms with Gasteiger partial charge in [-0.25, -0.2) is 4.98 Å². The fourth-order valence-corrected chi connectivity index (χ4v) is 2.92. The predicted octanol–water partition coefficient (Wildman–Crippen LogP) is 0.971. The van der Waals surface area contributed by atoms with Gasteiger partial charge in [-0.1, -0.05) is 11.3 Å². The highest BCUT2D eigenvalue weighted by Gasteiger charge is 2.30. The molecule has 0 radical (unpaired) electrons. The molecule has 1 fully saturated rings. The highest BCUT2D eigenvalue weighted by Crippen LogP contribution is 2.24. The van der Waals surface area contributed by atoms with Gasteiger partial charge in [0.25, 0.3) is 5.91 Å². The first-order valence-electron chi connectivity index (χ1n) is 5.74. The zero-order valence-corrected chi connectivity index (χ0v) is 10.9. The second-order valence-electron chi connectivity index (χ2n) is 4.40. The normalized spacial score (nSPS) is 19.8. The molecular weight excluding hydrogens is 254 g/mol. The summed E-state index contributed by atoms with van der Waals surface area (Å²) in [5.41, 5.74) is 6.18. The highest BCUT2D eigenvalue weighted by molar-refractivity contribution is 7.17. The second-order valence-corrected chi connectivity index (χ2v) is 5.43.